The molecule has 0 aliphatic heterocycles. The van der Waals surface area contributed by atoms with E-state index in [-0.39, 0.29) is 22.9 Å². The molecular weight excluding hydrogens is 313 g/mol. The van der Waals surface area contributed by atoms with E-state index in [0.29, 0.717) is 30.3 Å². The predicted octanol–water partition coefficient (Wildman–Crippen LogP) is 2.80. The van der Waals surface area contributed by atoms with Crippen molar-refractivity contribution in [2.75, 3.05) is 0 Å². The standard InChI is InChI=1S/C18H18FNO4/c19-15-6-13-16(7-12(15)9-1-4-11(21)5-9)20(10-2-3-10)8-14(17(13)22)18(23)24/h6-11,21H,1-5H2,(H,23,24). The number of fused-ring (bicyclic) bond motifs is 1. The van der Waals surface area contributed by atoms with Crippen LogP contribution in [0.25, 0.3) is 10.9 Å². The van der Waals surface area contributed by atoms with Gasteiger partial charge in [0.2, 0.25) is 5.43 Å². The number of aromatic nitrogens is 1. The summed E-state index contributed by atoms with van der Waals surface area (Å²) in [5, 5.41) is 19.1. The molecule has 6 heteroatoms. The SMILES string of the molecule is O=C(O)c1cn(C2CC2)c2cc(C3CCC(O)C3)c(F)cc2c1=O. The Kier molecular flexibility index (Phi) is 3.46. The van der Waals surface area contributed by atoms with Crippen LogP contribution in [0.2, 0.25) is 0 Å². The number of pyridine rings is 1. The van der Waals surface area contributed by atoms with E-state index < -0.39 is 23.3 Å². The van der Waals surface area contributed by atoms with Crippen LogP contribution < -0.4 is 5.43 Å². The summed E-state index contributed by atoms with van der Waals surface area (Å²) in [5.74, 6) is -1.85. The maximum Gasteiger partial charge on any atom is 0.341 e. The summed E-state index contributed by atoms with van der Waals surface area (Å²) in [7, 11) is 0. The van der Waals surface area contributed by atoms with Gasteiger partial charge in [-0.15, -0.1) is 0 Å². The molecule has 2 aliphatic rings. The quantitative estimate of drug-likeness (QED) is 0.906. The summed E-state index contributed by atoms with van der Waals surface area (Å²) in [6, 6.07) is 3.01. The van der Waals surface area contributed by atoms with Crippen molar-refractivity contribution in [3.05, 3.63) is 45.5 Å². The van der Waals surface area contributed by atoms with Crippen molar-refractivity contribution in [3.63, 3.8) is 0 Å². The van der Waals surface area contributed by atoms with Gasteiger partial charge in [0, 0.05) is 17.6 Å². The second-order valence-corrected chi connectivity index (χ2v) is 6.87. The third-order valence-corrected chi connectivity index (χ3v) is 5.17. The fraction of sp³-hybridized carbons (Fsp3) is 0.444. The van der Waals surface area contributed by atoms with Gasteiger partial charge in [0.05, 0.1) is 11.6 Å². The van der Waals surface area contributed by atoms with Crippen LogP contribution in [-0.4, -0.2) is 26.9 Å². The van der Waals surface area contributed by atoms with E-state index in [2.05, 4.69) is 0 Å². The third-order valence-electron chi connectivity index (χ3n) is 5.17. The molecule has 1 heterocycles. The highest BCUT2D eigenvalue weighted by Crippen LogP contribution is 2.40. The third kappa shape index (κ3) is 2.41. The number of nitrogens with zero attached hydrogens (tertiary/aromatic N) is 1. The molecule has 2 fully saturated rings. The molecule has 0 radical (unpaired) electrons. The van der Waals surface area contributed by atoms with Gasteiger partial charge in [-0.1, -0.05) is 0 Å². The van der Waals surface area contributed by atoms with Gasteiger partial charge in [-0.05, 0) is 55.7 Å². The van der Waals surface area contributed by atoms with Crippen LogP contribution in [0, 0.1) is 5.82 Å². The van der Waals surface area contributed by atoms with Gasteiger partial charge in [0.25, 0.3) is 0 Å². The zero-order valence-corrected chi connectivity index (χ0v) is 13.0. The Labute approximate surface area is 137 Å². The molecule has 2 saturated carbocycles. The number of hydrogen-bond donors (Lipinski definition) is 2. The van der Waals surface area contributed by atoms with E-state index >= 15 is 0 Å². The molecule has 1 aromatic heterocycles. The Hall–Kier alpha value is -2.21. The van der Waals surface area contributed by atoms with Crippen molar-refractivity contribution in [2.45, 2.75) is 50.2 Å². The van der Waals surface area contributed by atoms with E-state index in [4.69, 9.17) is 0 Å². The first-order valence-corrected chi connectivity index (χ1v) is 8.25. The van der Waals surface area contributed by atoms with Gasteiger partial charge in [0.1, 0.15) is 11.4 Å². The smallest absolute Gasteiger partial charge is 0.341 e. The maximum atomic E-state index is 14.6. The molecule has 5 nitrogen and oxygen atoms in total. The van der Waals surface area contributed by atoms with Crippen LogP contribution in [-0.2, 0) is 0 Å². The van der Waals surface area contributed by atoms with Gasteiger partial charge in [-0.3, -0.25) is 4.79 Å². The van der Waals surface area contributed by atoms with Crippen LogP contribution >= 0.6 is 0 Å². The number of carbonyl (C=O) groups is 1. The molecule has 0 saturated heterocycles. The fourth-order valence-electron chi connectivity index (χ4n) is 3.75. The highest BCUT2D eigenvalue weighted by atomic mass is 19.1. The Balaban J connectivity index is 1.95. The molecule has 2 aromatic rings. The van der Waals surface area contributed by atoms with Crippen LogP contribution in [0.15, 0.2) is 23.1 Å². The highest BCUT2D eigenvalue weighted by Gasteiger charge is 2.30. The molecule has 0 bridgehead atoms. The summed E-state index contributed by atoms with van der Waals surface area (Å²) < 4.78 is 16.4. The summed E-state index contributed by atoms with van der Waals surface area (Å²) in [6.07, 6.45) is 4.70. The van der Waals surface area contributed by atoms with Gasteiger partial charge in [-0.25, -0.2) is 9.18 Å². The van der Waals surface area contributed by atoms with Gasteiger partial charge < -0.3 is 14.8 Å². The summed E-state index contributed by atoms with van der Waals surface area (Å²) in [5.41, 5.74) is 0.130. The Morgan fingerprint density at radius 1 is 1.21 bits per heavy atom. The molecule has 2 aliphatic carbocycles. The number of hydrogen-bond acceptors (Lipinski definition) is 3. The minimum atomic E-state index is -1.29. The number of aliphatic hydroxyl groups excluding tert-OH is 1. The van der Waals surface area contributed by atoms with E-state index in [0.717, 1.165) is 12.8 Å². The van der Waals surface area contributed by atoms with Gasteiger partial charge in [-0.2, -0.15) is 0 Å². The summed E-state index contributed by atoms with van der Waals surface area (Å²) in [6.45, 7) is 0. The molecule has 126 valence electrons. The molecular formula is C18H18FNO4. The number of aromatic carboxylic acids is 1. The minimum Gasteiger partial charge on any atom is -0.477 e. The number of carboxylic acids is 1. The lowest BCUT2D eigenvalue weighted by Crippen LogP contribution is -2.19. The van der Waals surface area contributed by atoms with Crippen molar-refractivity contribution in [1.82, 2.24) is 4.57 Å². The van der Waals surface area contributed by atoms with E-state index in [1.165, 1.54) is 12.3 Å². The molecule has 0 amide bonds. The zero-order valence-electron chi connectivity index (χ0n) is 13.0. The summed E-state index contributed by atoms with van der Waals surface area (Å²) >= 11 is 0. The number of aliphatic hydroxyl groups is 1. The van der Waals surface area contributed by atoms with Crippen molar-refractivity contribution in [1.29, 1.82) is 0 Å². The highest BCUT2D eigenvalue weighted by molar-refractivity contribution is 5.92. The Morgan fingerprint density at radius 2 is 1.96 bits per heavy atom. The first-order valence-electron chi connectivity index (χ1n) is 8.25. The molecule has 4 rings (SSSR count). The van der Waals surface area contributed by atoms with Gasteiger partial charge in [0.15, 0.2) is 0 Å². The second-order valence-electron chi connectivity index (χ2n) is 6.87. The lowest BCUT2D eigenvalue weighted by molar-refractivity contribution is 0.0695. The monoisotopic (exact) mass is 331 g/mol. The zero-order chi connectivity index (χ0) is 17.0. The first-order chi connectivity index (χ1) is 11.5. The van der Waals surface area contributed by atoms with Crippen LogP contribution in [0.5, 0.6) is 0 Å². The van der Waals surface area contributed by atoms with Crippen LogP contribution in [0.4, 0.5) is 4.39 Å². The lowest BCUT2D eigenvalue weighted by atomic mass is 9.95. The van der Waals surface area contributed by atoms with Crippen molar-refractivity contribution < 1.29 is 19.4 Å². The van der Waals surface area contributed by atoms with E-state index in [1.807, 2.05) is 0 Å². The molecule has 2 unspecified atom stereocenters. The molecule has 0 spiro atoms. The van der Waals surface area contributed by atoms with Gasteiger partial charge >= 0.3 is 5.97 Å². The lowest BCUT2D eigenvalue weighted by Gasteiger charge is -2.16. The maximum absolute atomic E-state index is 14.6. The number of benzene rings is 1. The topological polar surface area (TPSA) is 79.5 Å². The Bertz CT molecular complexity index is 900. The first kappa shape index (κ1) is 15.3. The van der Waals surface area contributed by atoms with Crippen LogP contribution in [0.3, 0.4) is 0 Å². The van der Waals surface area contributed by atoms with E-state index in [1.54, 1.807) is 10.6 Å². The average Bonchev–Trinajstić information content (AvgIpc) is 3.28. The molecule has 24 heavy (non-hydrogen) atoms. The van der Waals surface area contributed by atoms with Crippen LogP contribution in [0.1, 0.15) is 60.0 Å². The van der Waals surface area contributed by atoms with Crippen molar-refractivity contribution in [3.8, 4) is 0 Å². The number of carboxylic acid groups (broad SMARTS) is 1. The average molecular weight is 331 g/mol. The van der Waals surface area contributed by atoms with Crippen molar-refractivity contribution in [2.24, 2.45) is 0 Å². The molecule has 2 N–H and O–H groups in total. The van der Waals surface area contributed by atoms with Crippen molar-refractivity contribution >= 4 is 16.9 Å². The summed E-state index contributed by atoms with van der Waals surface area (Å²) in [4.78, 5) is 23.7. The predicted molar refractivity (Wildman–Crippen MR) is 86.0 cm³/mol. The normalized spacial score (nSPS) is 23.8. The molecule has 2 atom stereocenters. The largest absolute Gasteiger partial charge is 0.477 e. The minimum absolute atomic E-state index is 0.0636. The van der Waals surface area contributed by atoms with E-state index in [9.17, 15) is 24.2 Å². The number of halogens is 1. The molecule has 1 aromatic carbocycles. The Morgan fingerprint density at radius 3 is 2.54 bits per heavy atom. The number of rotatable bonds is 3. The second kappa shape index (κ2) is 5.41. The fourth-order valence-corrected chi connectivity index (χ4v) is 3.75.